The molecule has 4 atom stereocenters. The van der Waals surface area contributed by atoms with Gasteiger partial charge in [-0.25, -0.2) is 13.4 Å². The first-order chi connectivity index (χ1) is 20.0. The predicted molar refractivity (Wildman–Crippen MR) is 168 cm³/mol. The molecule has 2 aliphatic rings. The normalized spacial score (nSPS) is 19.4. The van der Waals surface area contributed by atoms with Crippen molar-refractivity contribution in [2.24, 2.45) is 17.8 Å². The van der Waals surface area contributed by atoms with Gasteiger partial charge in [-0.15, -0.1) is 0 Å². The second-order valence-electron chi connectivity index (χ2n) is 12.1. The summed E-state index contributed by atoms with van der Waals surface area (Å²) in [7, 11) is -0.291. The Kier molecular flexibility index (Phi) is 10.5. The van der Waals surface area contributed by atoms with Crippen LogP contribution in [0.5, 0.6) is 0 Å². The van der Waals surface area contributed by atoms with Gasteiger partial charge in [0.15, 0.2) is 0 Å². The smallest absolute Gasteiger partial charge is 0.251 e. The number of aliphatic hydroxyl groups is 1. The number of carbonyl (C=O) groups is 1. The molecule has 0 radical (unpaired) electrons. The Bertz CT molecular complexity index is 1380. The molecule has 1 amide bonds. The maximum Gasteiger partial charge on any atom is 0.251 e. The molecule has 42 heavy (non-hydrogen) atoms. The van der Waals surface area contributed by atoms with Gasteiger partial charge < -0.3 is 20.6 Å². The molecule has 1 heterocycles. The van der Waals surface area contributed by atoms with Crippen molar-refractivity contribution in [1.82, 2.24) is 15.6 Å². The quantitative estimate of drug-likeness (QED) is 0.227. The lowest BCUT2D eigenvalue weighted by Crippen LogP contribution is -2.49. The van der Waals surface area contributed by atoms with Gasteiger partial charge in [-0.2, -0.15) is 0 Å². The predicted octanol–water partition coefficient (Wildman–Crippen LogP) is 3.05. The molecule has 2 fully saturated rings. The molecule has 2 aliphatic carbocycles. The van der Waals surface area contributed by atoms with Crippen LogP contribution in [0.25, 0.3) is 0 Å². The van der Waals surface area contributed by atoms with Gasteiger partial charge in [0.25, 0.3) is 5.91 Å². The highest BCUT2D eigenvalue weighted by atomic mass is 32.2. The van der Waals surface area contributed by atoms with Crippen molar-refractivity contribution in [2.75, 3.05) is 42.9 Å². The van der Waals surface area contributed by atoms with Crippen molar-refractivity contribution in [1.29, 1.82) is 0 Å². The third-order valence-corrected chi connectivity index (χ3v) is 10.2. The van der Waals surface area contributed by atoms with Crippen molar-refractivity contribution in [2.45, 2.75) is 63.9 Å². The summed E-state index contributed by atoms with van der Waals surface area (Å²) < 4.78 is 27.2. The third-order valence-electron chi connectivity index (χ3n) is 8.07. The summed E-state index contributed by atoms with van der Waals surface area (Å²) in [6, 6.07) is 12.3. The number of nitrogens with zero attached hydrogens (tertiary/aromatic N) is 3. The first kappa shape index (κ1) is 31.8. The molecule has 0 aliphatic heterocycles. The van der Waals surface area contributed by atoms with Gasteiger partial charge in [-0.1, -0.05) is 49.1 Å². The van der Waals surface area contributed by atoms with E-state index in [9.17, 15) is 18.3 Å². The molecule has 2 aromatic rings. The van der Waals surface area contributed by atoms with Crippen molar-refractivity contribution < 1.29 is 18.3 Å². The lowest BCUT2D eigenvalue weighted by Gasteiger charge is -2.26. The van der Waals surface area contributed by atoms with Crippen LogP contribution in [0, 0.1) is 29.6 Å². The molecule has 1 aromatic carbocycles. The molecule has 228 valence electrons. The number of sulfonamides is 1. The Balaban J connectivity index is 1.56. The zero-order valence-electron chi connectivity index (χ0n) is 25.4. The minimum absolute atomic E-state index is 0.179. The average Bonchev–Trinajstić information content (AvgIpc) is 3.91. The molecule has 10 heteroatoms. The van der Waals surface area contributed by atoms with E-state index >= 15 is 0 Å². The van der Waals surface area contributed by atoms with Crippen LogP contribution in [0.3, 0.4) is 0 Å². The van der Waals surface area contributed by atoms with Gasteiger partial charge in [-0.05, 0) is 69.1 Å². The summed E-state index contributed by atoms with van der Waals surface area (Å²) in [5.74, 6) is 8.29. The highest BCUT2D eigenvalue weighted by Crippen LogP contribution is 2.38. The summed E-state index contributed by atoms with van der Waals surface area (Å²) in [5.41, 5.74) is 1.26. The first-order valence-corrected chi connectivity index (χ1v) is 16.4. The van der Waals surface area contributed by atoms with E-state index in [-0.39, 0.29) is 17.9 Å². The number of carbonyl (C=O) groups excluding carboxylic acids is 1. The first-order valence-electron chi connectivity index (χ1n) is 14.9. The Morgan fingerprint density at radius 3 is 2.43 bits per heavy atom. The fourth-order valence-corrected chi connectivity index (χ4v) is 5.77. The van der Waals surface area contributed by atoms with Gasteiger partial charge in [0.05, 0.1) is 23.9 Å². The van der Waals surface area contributed by atoms with Crippen LogP contribution in [0.15, 0.2) is 42.5 Å². The van der Waals surface area contributed by atoms with Crippen LogP contribution >= 0.6 is 0 Å². The van der Waals surface area contributed by atoms with Crippen LogP contribution in [-0.2, 0) is 16.4 Å². The highest BCUT2D eigenvalue weighted by Gasteiger charge is 2.34. The number of anilines is 2. The standard InChI is InChI=1S/C32H45N5O4S/c1-22(2)42(40,41)37(5)31-19-26(18-30(35-31)36(4)21-27-16-23(27)3)32(39)34-28(17-25-10-7-6-8-11-25)29(38)20-33-15-9-12-24-13-14-24/h6-8,10-11,18-19,22-24,27-29,33,38H,13-17,20-21H2,1-5H3,(H,34,39)/t23-,27+,28-,29+/m0/s1. The average molecular weight is 596 g/mol. The largest absolute Gasteiger partial charge is 0.390 e. The second-order valence-corrected chi connectivity index (χ2v) is 14.6. The van der Waals surface area contributed by atoms with E-state index in [0.717, 1.165) is 35.7 Å². The zero-order chi connectivity index (χ0) is 30.4. The van der Waals surface area contributed by atoms with Crippen molar-refractivity contribution in [3.8, 4) is 11.8 Å². The fourth-order valence-electron chi connectivity index (χ4n) is 4.79. The summed E-state index contributed by atoms with van der Waals surface area (Å²) in [4.78, 5) is 20.4. The van der Waals surface area contributed by atoms with E-state index in [4.69, 9.17) is 0 Å². The number of nitrogens with one attached hydrogen (secondary N) is 2. The van der Waals surface area contributed by atoms with E-state index < -0.39 is 33.3 Å². The third kappa shape index (κ3) is 8.69. The monoisotopic (exact) mass is 595 g/mol. The SMILES string of the molecule is CC(C)S(=O)(=O)N(C)c1cc(C(=O)N[C@@H](Cc2ccccc2)[C@H](O)CNCC#CC2CC2)cc(N(C)C[C@H]2C[C@@H]2C)n1. The summed E-state index contributed by atoms with van der Waals surface area (Å²) in [5, 5.41) is 16.7. The Morgan fingerprint density at radius 2 is 1.81 bits per heavy atom. The van der Waals surface area contributed by atoms with Gasteiger partial charge in [0.2, 0.25) is 10.0 Å². The molecule has 4 rings (SSSR count). The van der Waals surface area contributed by atoms with Gasteiger partial charge >= 0.3 is 0 Å². The van der Waals surface area contributed by atoms with E-state index in [1.54, 1.807) is 19.9 Å². The number of hydrogen-bond donors (Lipinski definition) is 3. The molecule has 9 nitrogen and oxygen atoms in total. The summed E-state index contributed by atoms with van der Waals surface area (Å²) in [6.45, 7) is 6.94. The highest BCUT2D eigenvalue weighted by molar-refractivity contribution is 7.93. The Hall–Kier alpha value is -3.13. The van der Waals surface area contributed by atoms with Crippen LogP contribution in [0.2, 0.25) is 0 Å². The number of amides is 1. The Morgan fingerprint density at radius 1 is 1.14 bits per heavy atom. The number of benzene rings is 1. The number of hydrogen-bond acceptors (Lipinski definition) is 7. The second kappa shape index (κ2) is 13.9. The minimum Gasteiger partial charge on any atom is -0.390 e. The Labute approximate surface area is 251 Å². The molecule has 0 saturated heterocycles. The molecule has 3 N–H and O–H groups in total. The molecular formula is C32H45N5O4S. The molecular weight excluding hydrogens is 550 g/mol. The van der Waals surface area contributed by atoms with E-state index in [0.29, 0.717) is 36.5 Å². The zero-order valence-corrected chi connectivity index (χ0v) is 26.2. The molecule has 2 saturated carbocycles. The van der Waals surface area contributed by atoms with E-state index in [1.807, 2.05) is 42.3 Å². The lowest BCUT2D eigenvalue weighted by atomic mass is 10.0. The van der Waals surface area contributed by atoms with Gasteiger partial charge in [0, 0.05) is 38.7 Å². The summed E-state index contributed by atoms with van der Waals surface area (Å²) in [6.07, 6.45) is 3.01. The number of aliphatic hydroxyl groups excluding tert-OH is 1. The minimum atomic E-state index is -3.67. The number of pyridine rings is 1. The molecule has 0 bridgehead atoms. The molecule has 1 aromatic heterocycles. The van der Waals surface area contributed by atoms with Crippen LogP contribution in [-0.4, -0.2) is 75.5 Å². The fraction of sp³-hybridized carbons (Fsp3) is 0.562. The lowest BCUT2D eigenvalue weighted by molar-refractivity contribution is 0.0832. The topological polar surface area (TPSA) is 115 Å². The van der Waals surface area contributed by atoms with Gasteiger partial charge in [0.1, 0.15) is 11.6 Å². The molecule has 0 unspecified atom stereocenters. The van der Waals surface area contributed by atoms with Crippen LogP contribution < -0.4 is 19.8 Å². The molecule has 0 spiro atoms. The van der Waals surface area contributed by atoms with Crippen molar-refractivity contribution in [3.63, 3.8) is 0 Å². The maximum atomic E-state index is 13.7. The van der Waals surface area contributed by atoms with E-state index in [1.165, 1.54) is 13.1 Å². The van der Waals surface area contributed by atoms with Crippen molar-refractivity contribution >= 4 is 27.6 Å². The van der Waals surface area contributed by atoms with Crippen LogP contribution in [0.4, 0.5) is 11.6 Å². The number of rotatable bonds is 14. The van der Waals surface area contributed by atoms with Crippen molar-refractivity contribution in [3.05, 3.63) is 53.6 Å². The maximum absolute atomic E-state index is 13.7. The number of aromatic nitrogens is 1. The van der Waals surface area contributed by atoms with Gasteiger partial charge in [-0.3, -0.25) is 9.10 Å². The summed E-state index contributed by atoms with van der Waals surface area (Å²) >= 11 is 0. The van der Waals surface area contributed by atoms with E-state index in [2.05, 4.69) is 34.4 Å². The van der Waals surface area contributed by atoms with Crippen LogP contribution in [0.1, 0.15) is 56.0 Å².